The molecule has 0 fully saturated rings. The van der Waals surface area contributed by atoms with Gasteiger partial charge >= 0.3 is 11.9 Å². The molecule has 0 bridgehead atoms. The maximum absolute atomic E-state index is 9.55. The molecule has 0 saturated carbocycles. The summed E-state index contributed by atoms with van der Waals surface area (Å²) in [5.74, 6) is -2.51. The maximum Gasteiger partial charge on any atom is 0.328 e. The van der Waals surface area contributed by atoms with E-state index in [1.165, 1.54) is 22.5 Å². The number of rotatable bonds is 6. The molecule has 0 saturated heterocycles. The highest BCUT2D eigenvalue weighted by atomic mass is 35.5. The Balaban J connectivity index is 0.000000343. The van der Waals surface area contributed by atoms with E-state index >= 15 is 0 Å². The molecule has 158 valence electrons. The van der Waals surface area contributed by atoms with Crippen LogP contribution in [-0.4, -0.2) is 54.2 Å². The predicted molar refractivity (Wildman–Crippen MR) is 121 cm³/mol. The van der Waals surface area contributed by atoms with Crippen LogP contribution in [0.2, 0.25) is 5.02 Å². The summed E-state index contributed by atoms with van der Waals surface area (Å²) in [5, 5.41) is 16.4. The fraction of sp³-hybridized carbons (Fsp3) is 0.217. The Bertz CT molecular complexity index is 938. The van der Waals surface area contributed by atoms with E-state index in [9.17, 15) is 9.59 Å². The first-order valence-electron chi connectivity index (χ1n) is 9.41. The van der Waals surface area contributed by atoms with Gasteiger partial charge in [0.1, 0.15) is 0 Å². The van der Waals surface area contributed by atoms with Crippen molar-refractivity contribution in [2.24, 2.45) is 0 Å². The molecule has 2 aromatic carbocycles. The molecule has 3 rings (SSSR count). The van der Waals surface area contributed by atoms with Gasteiger partial charge in [-0.25, -0.2) is 9.59 Å². The number of carboxylic acid groups (broad SMARTS) is 2. The lowest BCUT2D eigenvalue weighted by Crippen LogP contribution is -2.24. The highest BCUT2D eigenvalue weighted by Gasteiger charge is 2.17. The summed E-state index contributed by atoms with van der Waals surface area (Å²) in [4.78, 5) is 23.7. The van der Waals surface area contributed by atoms with Gasteiger partial charge in [0.05, 0.1) is 0 Å². The zero-order chi connectivity index (χ0) is 22.1. The minimum Gasteiger partial charge on any atom is -0.478 e. The van der Waals surface area contributed by atoms with Crippen molar-refractivity contribution >= 4 is 47.1 Å². The third-order valence-electron chi connectivity index (χ3n) is 4.31. The molecule has 2 aromatic rings. The van der Waals surface area contributed by atoms with Crippen molar-refractivity contribution < 1.29 is 19.8 Å². The van der Waals surface area contributed by atoms with Gasteiger partial charge in [0.25, 0.3) is 0 Å². The van der Waals surface area contributed by atoms with Gasteiger partial charge in [-0.3, -0.25) is 0 Å². The summed E-state index contributed by atoms with van der Waals surface area (Å²) in [7, 11) is 4.23. The maximum atomic E-state index is 9.55. The van der Waals surface area contributed by atoms with Gasteiger partial charge in [-0.15, -0.1) is 0 Å². The van der Waals surface area contributed by atoms with Crippen LogP contribution in [0.5, 0.6) is 0 Å². The van der Waals surface area contributed by atoms with Gasteiger partial charge < -0.3 is 20.0 Å². The monoisotopic (exact) mass is 428 g/mol. The first-order chi connectivity index (χ1) is 14.3. The zero-order valence-corrected chi connectivity index (χ0v) is 17.7. The van der Waals surface area contributed by atoms with E-state index < -0.39 is 11.9 Å². The Morgan fingerprint density at radius 2 is 1.57 bits per heavy atom. The van der Waals surface area contributed by atoms with Crippen LogP contribution in [0.15, 0.2) is 54.6 Å². The molecule has 0 amide bonds. The van der Waals surface area contributed by atoms with E-state index in [-0.39, 0.29) is 0 Å². The Morgan fingerprint density at radius 1 is 0.967 bits per heavy atom. The van der Waals surface area contributed by atoms with E-state index in [0.29, 0.717) is 12.2 Å². The molecular weight excluding hydrogens is 404 g/mol. The van der Waals surface area contributed by atoms with Crippen molar-refractivity contribution in [2.75, 3.05) is 32.1 Å². The molecule has 6 nitrogen and oxygen atoms in total. The van der Waals surface area contributed by atoms with Crippen LogP contribution < -0.4 is 4.90 Å². The number of hydrogen-bond acceptors (Lipinski definition) is 4. The molecule has 0 unspecified atom stereocenters. The number of anilines is 2. The number of halogens is 1. The molecule has 0 radical (unpaired) electrons. The van der Waals surface area contributed by atoms with Crippen LogP contribution in [0.1, 0.15) is 17.5 Å². The highest BCUT2D eigenvalue weighted by Crippen LogP contribution is 2.37. The number of fused-ring (bicyclic) bond motifs is 2. The Kier molecular flexibility index (Phi) is 8.65. The topological polar surface area (TPSA) is 81.1 Å². The number of aliphatic carboxylic acids is 2. The molecule has 0 aliphatic carbocycles. The average Bonchev–Trinajstić information content (AvgIpc) is 2.84. The quantitative estimate of drug-likeness (QED) is 0.653. The summed E-state index contributed by atoms with van der Waals surface area (Å²) < 4.78 is 0. The number of carboxylic acids is 2. The van der Waals surface area contributed by atoms with Gasteiger partial charge in [-0.1, -0.05) is 48.0 Å². The number of nitrogens with zero attached hydrogens (tertiary/aromatic N) is 2. The molecule has 2 N–H and O–H groups in total. The first-order valence-corrected chi connectivity index (χ1v) is 9.78. The largest absolute Gasteiger partial charge is 0.478 e. The number of para-hydroxylation sites is 1. The molecule has 1 heterocycles. The standard InChI is InChI=1S/C19H21ClN2.C4H4O4/c1-21(2)12-5-13-22-18-7-4-3-6-15(18)8-9-16-10-11-17(20)14-19(16)22;5-3(6)1-2-4(7)8/h3-4,6-11,14H,5,12-13H2,1-2H3;1-2H,(H,5,6)(H,7,8)/b;2-1-. The lowest BCUT2D eigenvalue weighted by atomic mass is 10.1. The van der Waals surface area contributed by atoms with Gasteiger partial charge in [0, 0.05) is 35.1 Å². The normalized spacial score (nSPS) is 12.1. The van der Waals surface area contributed by atoms with Crippen molar-refractivity contribution in [3.05, 3.63) is 70.8 Å². The first kappa shape index (κ1) is 23.2. The van der Waals surface area contributed by atoms with Crippen LogP contribution in [0.4, 0.5) is 11.4 Å². The molecule has 7 heteroatoms. The van der Waals surface area contributed by atoms with Gasteiger partial charge in [-0.05, 0) is 56.4 Å². The van der Waals surface area contributed by atoms with Crippen molar-refractivity contribution in [2.45, 2.75) is 6.42 Å². The Hall–Kier alpha value is -3.09. The average molecular weight is 429 g/mol. The van der Waals surface area contributed by atoms with Crippen LogP contribution in [0.25, 0.3) is 12.2 Å². The van der Waals surface area contributed by atoms with E-state index in [2.05, 4.69) is 72.4 Å². The third-order valence-corrected chi connectivity index (χ3v) is 4.54. The molecule has 0 aromatic heterocycles. The smallest absolute Gasteiger partial charge is 0.328 e. The predicted octanol–water partition coefficient (Wildman–Crippen LogP) is 4.63. The van der Waals surface area contributed by atoms with Gasteiger partial charge in [0.2, 0.25) is 0 Å². The molecular formula is C23H25ClN2O4. The van der Waals surface area contributed by atoms with Gasteiger partial charge in [-0.2, -0.15) is 0 Å². The number of hydrogen-bond donors (Lipinski definition) is 2. The Labute approximate surface area is 181 Å². The lowest BCUT2D eigenvalue weighted by molar-refractivity contribution is -0.134. The van der Waals surface area contributed by atoms with E-state index in [0.717, 1.165) is 24.5 Å². The Morgan fingerprint density at radius 3 is 2.17 bits per heavy atom. The van der Waals surface area contributed by atoms with E-state index in [4.69, 9.17) is 21.8 Å². The minimum absolute atomic E-state index is 0.558. The molecule has 30 heavy (non-hydrogen) atoms. The molecule has 1 aliphatic rings. The van der Waals surface area contributed by atoms with Crippen molar-refractivity contribution in [1.82, 2.24) is 4.90 Å². The third kappa shape index (κ3) is 7.06. The zero-order valence-electron chi connectivity index (χ0n) is 17.0. The van der Waals surface area contributed by atoms with Crippen LogP contribution in [0, 0.1) is 0 Å². The van der Waals surface area contributed by atoms with Crippen molar-refractivity contribution in [3.63, 3.8) is 0 Å². The fourth-order valence-corrected chi connectivity index (χ4v) is 3.17. The SMILES string of the molecule is CN(C)CCCN1c2ccccc2C=Cc2ccc(Cl)cc21.O=C(O)/C=C\C(=O)O. The van der Waals surface area contributed by atoms with Crippen LogP contribution in [-0.2, 0) is 9.59 Å². The van der Waals surface area contributed by atoms with Gasteiger partial charge in [0.15, 0.2) is 0 Å². The lowest BCUT2D eigenvalue weighted by Gasteiger charge is -2.27. The second-order valence-electron chi connectivity index (χ2n) is 6.91. The molecule has 1 aliphatic heterocycles. The van der Waals surface area contributed by atoms with Crippen molar-refractivity contribution in [3.8, 4) is 0 Å². The number of benzene rings is 2. The number of carbonyl (C=O) groups is 2. The summed E-state index contributed by atoms with van der Waals surface area (Å²) in [6.45, 7) is 2.05. The fourth-order valence-electron chi connectivity index (χ4n) is 3.00. The van der Waals surface area contributed by atoms with E-state index in [1.807, 2.05) is 6.07 Å². The van der Waals surface area contributed by atoms with E-state index in [1.54, 1.807) is 0 Å². The molecule has 0 spiro atoms. The van der Waals surface area contributed by atoms with Crippen molar-refractivity contribution in [1.29, 1.82) is 0 Å². The van der Waals surface area contributed by atoms with Crippen LogP contribution in [0.3, 0.4) is 0 Å². The summed E-state index contributed by atoms with van der Waals surface area (Å²) in [5.41, 5.74) is 4.90. The second-order valence-corrected chi connectivity index (χ2v) is 7.35. The summed E-state index contributed by atoms with van der Waals surface area (Å²) in [6, 6.07) is 14.7. The summed E-state index contributed by atoms with van der Waals surface area (Å²) in [6.07, 6.45) is 6.59. The summed E-state index contributed by atoms with van der Waals surface area (Å²) >= 11 is 6.25. The minimum atomic E-state index is -1.26. The second kappa shape index (κ2) is 11.2. The molecule has 0 atom stereocenters. The van der Waals surface area contributed by atoms with Crippen LogP contribution >= 0.6 is 11.6 Å². The highest BCUT2D eigenvalue weighted by molar-refractivity contribution is 6.31.